The summed E-state index contributed by atoms with van der Waals surface area (Å²) in [4.78, 5) is 14.4. The normalized spacial score (nSPS) is 17.4. The van der Waals surface area contributed by atoms with E-state index < -0.39 is 5.54 Å². The van der Waals surface area contributed by atoms with Gasteiger partial charge in [0.2, 0.25) is 6.08 Å². The van der Waals surface area contributed by atoms with Crippen molar-refractivity contribution >= 4 is 17.7 Å². The highest BCUT2D eigenvalue weighted by Crippen LogP contribution is 2.47. The molecular weight excluding hydrogens is 226 g/mol. The Bertz CT molecular complexity index is 474. The molecule has 0 saturated heterocycles. The Hall–Kier alpha value is -1.31. The number of rotatable bonds is 2. The number of nitrogens with zero attached hydrogens (tertiary/aromatic N) is 1. The lowest BCUT2D eigenvalue weighted by atomic mass is 9.71. The van der Waals surface area contributed by atoms with Gasteiger partial charge in [-0.25, -0.2) is 4.79 Å². The molecule has 0 atom stereocenters. The summed E-state index contributed by atoms with van der Waals surface area (Å²) in [5.74, 6) is 0.0625. The minimum absolute atomic E-state index is 0.0625. The third-order valence-corrected chi connectivity index (χ3v) is 3.54. The molecular formula is C12H12ClNO2. The van der Waals surface area contributed by atoms with Crippen LogP contribution in [0, 0.1) is 6.92 Å². The average molecular weight is 238 g/mol. The molecule has 0 radical (unpaired) electrons. The van der Waals surface area contributed by atoms with Crippen molar-refractivity contribution in [1.82, 2.24) is 0 Å². The number of carbonyl (C=O) groups excluding carboxylic acids is 1. The molecule has 0 spiro atoms. The minimum atomic E-state index is -0.455. The summed E-state index contributed by atoms with van der Waals surface area (Å²) in [6.45, 7) is 1.88. The van der Waals surface area contributed by atoms with Crippen LogP contribution in [0.4, 0.5) is 0 Å². The lowest BCUT2D eigenvalue weighted by molar-refractivity contribution is 0.254. The zero-order valence-corrected chi connectivity index (χ0v) is 9.71. The molecule has 1 N–H and O–H groups in total. The number of hydrogen-bond acceptors (Lipinski definition) is 3. The smallest absolute Gasteiger partial charge is 0.235 e. The summed E-state index contributed by atoms with van der Waals surface area (Å²) in [7, 11) is 0. The summed E-state index contributed by atoms with van der Waals surface area (Å²) >= 11 is 5.88. The standard InChI is InChI=1S/C12H12ClNO2/c1-8-5-11(16)10(13)6-9(8)12(14-7-15)3-2-4-12/h5-6,16H,2-4H2,1H3. The first-order valence-electron chi connectivity index (χ1n) is 5.18. The molecule has 0 aliphatic heterocycles. The summed E-state index contributed by atoms with van der Waals surface area (Å²) in [5.41, 5.74) is 1.37. The van der Waals surface area contributed by atoms with Gasteiger partial charge in [-0.15, -0.1) is 0 Å². The van der Waals surface area contributed by atoms with Gasteiger partial charge in [-0.2, -0.15) is 4.99 Å². The van der Waals surface area contributed by atoms with Crippen molar-refractivity contribution in [3.05, 3.63) is 28.3 Å². The monoisotopic (exact) mass is 237 g/mol. The maximum Gasteiger partial charge on any atom is 0.235 e. The Kier molecular flexibility index (Phi) is 2.75. The number of isocyanates is 1. The zero-order valence-electron chi connectivity index (χ0n) is 8.96. The first-order chi connectivity index (χ1) is 7.59. The molecule has 1 saturated carbocycles. The minimum Gasteiger partial charge on any atom is -0.506 e. The molecule has 1 aliphatic rings. The van der Waals surface area contributed by atoms with Crippen LogP contribution in [-0.2, 0) is 10.3 Å². The number of aliphatic imine (C=N–C) groups is 1. The first-order valence-corrected chi connectivity index (χ1v) is 5.55. The molecule has 0 amide bonds. The van der Waals surface area contributed by atoms with Gasteiger partial charge >= 0.3 is 0 Å². The Morgan fingerprint density at radius 1 is 1.50 bits per heavy atom. The van der Waals surface area contributed by atoms with E-state index in [0.717, 1.165) is 30.4 Å². The van der Waals surface area contributed by atoms with Gasteiger partial charge in [0.1, 0.15) is 5.75 Å². The Labute approximate surface area is 98.8 Å². The van der Waals surface area contributed by atoms with Crippen molar-refractivity contribution in [3.8, 4) is 5.75 Å². The van der Waals surface area contributed by atoms with Gasteiger partial charge in [0, 0.05) is 0 Å². The van der Waals surface area contributed by atoms with E-state index in [4.69, 9.17) is 11.6 Å². The second-order valence-corrected chi connectivity index (χ2v) is 4.61. The Balaban J connectivity index is 2.54. The highest BCUT2D eigenvalue weighted by Gasteiger charge is 2.40. The molecule has 0 bridgehead atoms. The van der Waals surface area contributed by atoms with Crippen molar-refractivity contribution in [3.63, 3.8) is 0 Å². The van der Waals surface area contributed by atoms with Crippen LogP contribution < -0.4 is 0 Å². The molecule has 0 aromatic heterocycles. The number of phenols is 1. The van der Waals surface area contributed by atoms with Crippen LogP contribution in [0.1, 0.15) is 30.4 Å². The molecule has 2 rings (SSSR count). The fourth-order valence-corrected chi connectivity index (χ4v) is 2.37. The van der Waals surface area contributed by atoms with E-state index in [1.807, 2.05) is 6.92 Å². The second kappa shape index (κ2) is 3.93. The quantitative estimate of drug-likeness (QED) is 0.635. The van der Waals surface area contributed by atoms with E-state index in [1.165, 1.54) is 0 Å². The fourth-order valence-electron chi connectivity index (χ4n) is 2.21. The molecule has 0 heterocycles. The predicted octanol–water partition coefficient (Wildman–Crippen LogP) is 3.07. The SMILES string of the molecule is Cc1cc(O)c(Cl)cc1C1(N=C=O)CCC1. The summed E-state index contributed by atoms with van der Waals surface area (Å²) < 4.78 is 0. The molecule has 3 nitrogen and oxygen atoms in total. The second-order valence-electron chi connectivity index (χ2n) is 4.21. The predicted molar refractivity (Wildman–Crippen MR) is 61.5 cm³/mol. The number of halogens is 1. The molecule has 16 heavy (non-hydrogen) atoms. The maximum atomic E-state index is 10.5. The summed E-state index contributed by atoms with van der Waals surface area (Å²) in [5, 5.41) is 9.77. The average Bonchev–Trinajstić information content (AvgIpc) is 2.18. The zero-order chi connectivity index (χ0) is 11.8. The Morgan fingerprint density at radius 2 is 2.19 bits per heavy atom. The van der Waals surface area contributed by atoms with Gasteiger partial charge in [-0.3, -0.25) is 0 Å². The lowest BCUT2D eigenvalue weighted by Gasteiger charge is -2.38. The van der Waals surface area contributed by atoms with Crippen LogP contribution in [0.2, 0.25) is 5.02 Å². The molecule has 1 aromatic carbocycles. The molecule has 4 heteroatoms. The van der Waals surface area contributed by atoms with Crippen LogP contribution in [-0.4, -0.2) is 11.2 Å². The van der Waals surface area contributed by atoms with Crippen LogP contribution in [0.25, 0.3) is 0 Å². The van der Waals surface area contributed by atoms with Gasteiger partial charge in [-0.1, -0.05) is 11.6 Å². The van der Waals surface area contributed by atoms with Crippen LogP contribution in [0.15, 0.2) is 17.1 Å². The van der Waals surface area contributed by atoms with Gasteiger partial charge < -0.3 is 5.11 Å². The molecule has 0 unspecified atom stereocenters. The number of aromatic hydroxyl groups is 1. The highest BCUT2D eigenvalue weighted by molar-refractivity contribution is 6.32. The summed E-state index contributed by atoms with van der Waals surface area (Å²) in [6, 6.07) is 3.31. The van der Waals surface area contributed by atoms with E-state index in [0.29, 0.717) is 5.02 Å². The first kappa shape index (κ1) is 11.2. The third kappa shape index (κ3) is 1.62. The lowest BCUT2D eigenvalue weighted by Crippen LogP contribution is -2.32. The number of aryl methyl sites for hydroxylation is 1. The fraction of sp³-hybridized carbons (Fsp3) is 0.417. The van der Waals surface area contributed by atoms with Crippen LogP contribution >= 0.6 is 11.6 Å². The number of phenolic OH excluding ortho intramolecular Hbond substituents is 1. The van der Waals surface area contributed by atoms with Gasteiger partial charge in [0.15, 0.2) is 0 Å². The number of benzene rings is 1. The van der Waals surface area contributed by atoms with E-state index in [-0.39, 0.29) is 5.75 Å². The van der Waals surface area contributed by atoms with Crippen molar-refractivity contribution in [2.75, 3.05) is 0 Å². The summed E-state index contributed by atoms with van der Waals surface area (Å²) in [6.07, 6.45) is 4.36. The van der Waals surface area contributed by atoms with Gasteiger partial charge in [-0.05, 0) is 49.4 Å². The van der Waals surface area contributed by atoms with Crippen LogP contribution in [0.3, 0.4) is 0 Å². The molecule has 84 valence electrons. The van der Waals surface area contributed by atoms with Crippen LogP contribution in [0.5, 0.6) is 5.75 Å². The van der Waals surface area contributed by atoms with E-state index in [9.17, 15) is 9.90 Å². The molecule has 1 aromatic rings. The van der Waals surface area contributed by atoms with E-state index in [1.54, 1.807) is 18.2 Å². The third-order valence-electron chi connectivity index (χ3n) is 3.24. The van der Waals surface area contributed by atoms with E-state index >= 15 is 0 Å². The number of hydrogen-bond donors (Lipinski definition) is 1. The largest absolute Gasteiger partial charge is 0.506 e. The maximum absolute atomic E-state index is 10.5. The van der Waals surface area contributed by atoms with Gasteiger partial charge in [0.05, 0.1) is 10.6 Å². The van der Waals surface area contributed by atoms with E-state index in [2.05, 4.69) is 4.99 Å². The van der Waals surface area contributed by atoms with Crippen molar-refractivity contribution in [2.45, 2.75) is 31.7 Å². The molecule has 1 fully saturated rings. The topological polar surface area (TPSA) is 49.7 Å². The highest BCUT2D eigenvalue weighted by atomic mass is 35.5. The van der Waals surface area contributed by atoms with Crippen molar-refractivity contribution in [1.29, 1.82) is 0 Å². The Morgan fingerprint density at radius 3 is 2.69 bits per heavy atom. The van der Waals surface area contributed by atoms with Crippen molar-refractivity contribution in [2.24, 2.45) is 4.99 Å². The molecule has 1 aliphatic carbocycles. The van der Waals surface area contributed by atoms with Crippen molar-refractivity contribution < 1.29 is 9.90 Å². The van der Waals surface area contributed by atoms with Gasteiger partial charge in [0.25, 0.3) is 0 Å².